The summed E-state index contributed by atoms with van der Waals surface area (Å²) in [6, 6.07) is 6.47. The van der Waals surface area contributed by atoms with E-state index in [4.69, 9.17) is 5.73 Å². The fourth-order valence-electron chi connectivity index (χ4n) is 2.46. The van der Waals surface area contributed by atoms with Crippen molar-refractivity contribution in [2.75, 3.05) is 31.9 Å². The molecule has 0 unspecified atom stereocenters. The molecule has 2 rings (SSSR count). The molecule has 0 saturated carbocycles. The second kappa shape index (κ2) is 6.44. The van der Waals surface area contributed by atoms with Crippen LogP contribution in [-0.4, -0.2) is 49.7 Å². The highest BCUT2D eigenvalue weighted by Crippen LogP contribution is 2.23. The summed E-state index contributed by atoms with van der Waals surface area (Å²) in [6.45, 7) is 3.56. The average Bonchev–Trinajstić information content (AvgIpc) is 2.73. The quantitative estimate of drug-likeness (QED) is 0.841. The molecular formula is C14H21N3O3S. The van der Waals surface area contributed by atoms with Gasteiger partial charge in [-0.1, -0.05) is 19.1 Å². The van der Waals surface area contributed by atoms with Gasteiger partial charge in [0.1, 0.15) is 4.90 Å². The SMILES string of the molecule is CCC(=O)N1CCCN(S(=O)(=O)c2ccccc2N)CC1. The largest absolute Gasteiger partial charge is 0.398 e. The molecule has 2 N–H and O–H groups in total. The lowest BCUT2D eigenvalue weighted by molar-refractivity contribution is -0.130. The van der Waals surface area contributed by atoms with E-state index >= 15 is 0 Å². The van der Waals surface area contributed by atoms with Crippen LogP contribution in [0.3, 0.4) is 0 Å². The minimum Gasteiger partial charge on any atom is -0.398 e. The predicted octanol–water partition coefficient (Wildman–Crippen LogP) is 0.902. The summed E-state index contributed by atoms with van der Waals surface area (Å²) >= 11 is 0. The van der Waals surface area contributed by atoms with Gasteiger partial charge in [-0.05, 0) is 18.6 Å². The summed E-state index contributed by atoms with van der Waals surface area (Å²) in [5.74, 6) is 0.0634. The van der Waals surface area contributed by atoms with Gasteiger partial charge in [0.2, 0.25) is 15.9 Å². The molecule has 1 aromatic carbocycles. The van der Waals surface area contributed by atoms with Crippen LogP contribution in [0.5, 0.6) is 0 Å². The molecule has 0 atom stereocenters. The molecule has 116 valence electrons. The summed E-state index contributed by atoms with van der Waals surface area (Å²) < 4.78 is 26.7. The number of sulfonamides is 1. The smallest absolute Gasteiger partial charge is 0.245 e. The molecule has 1 aliphatic heterocycles. The van der Waals surface area contributed by atoms with Crippen LogP contribution in [0.4, 0.5) is 5.69 Å². The maximum atomic E-state index is 12.6. The van der Waals surface area contributed by atoms with Crippen LogP contribution in [0.2, 0.25) is 0 Å². The Balaban J connectivity index is 2.19. The van der Waals surface area contributed by atoms with Gasteiger partial charge < -0.3 is 10.6 Å². The number of rotatable bonds is 3. The molecule has 1 aliphatic rings. The molecule has 0 radical (unpaired) electrons. The van der Waals surface area contributed by atoms with Crippen molar-refractivity contribution in [3.63, 3.8) is 0 Å². The fraction of sp³-hybridized carbons (Fsp3) is 0.500. The van der Waals surface area contributed by atoms with Crippen molar-refractivity contribution in [1.29, 1.82) is 0 Å². The Bertz CT molecular complexity index is 616. The molecule has 0 aromatic heterocycles. The molecule has 7 heteroatoms. The second-order valence-electron chi connectivity index (χ2n) is 5.03. The molecule has 1 saturated heterocycles. The van der Waals surface area contributed by atoms with Crippen molar-refractivity contribution >= 4 is 21.6 Å². The molecule has 1 aromatic rings. The van der Waals surface area contributed by atoms with Gasteiger partial charge in [0, 0.05) is 32.6 Å². The van der Waals surface area contributed by atoms with E-state index in [1.807, 2.05) is 6.92 Å². The number of hydrogen-bond acceptors (Lipinski definition) is 4. The second-order valence-corrected chi connectivity index (χ2v) is 6.94. The Kier molecular flexibility index (Phi) is 4.84. The number of benzene rings is 1. The number of amides is 1. The fourth-order valence-corrected chi connectivity index (χ4v) is 4.05. The van der Waals surface area contributed by atoms with Crippen molar-refractivity contribution in [1.82, 2.24) is 9.21 Å². The molecule has 21 heavy (non-hydrogen) atoms. The van der Waals surface area contributed by atoms with E-state index in [2.05, 4.69) is 0 Å². The van der Waals surface area contributed by atoms with Gasteiger partial charge in [0.25, 0.3) is 0 Å². The Morgan fingerprint density at radius 2 is 1.90 bits per heavy atom. The van der Waals surface area contributed by atoms with E-state index < -0.39 is 10.0 Å². The zero-order chi connectivity index (χ0) is 15.5. The molecule has 0 bridgehead atoms. The van der Waals surface area contributed by atoms with Crippen LogP contribution >= 0.6 is 0 Å². The zero-order valence-electron chi connectivity index (χ0n) is 12.2. The Hall–Kier alpha value is -1.60. The number of carbonyl (C=O) groups excluding carboxylic acids is 1. The first-order chi connectivity index (χ1) is 9.96. The van der Waals surface area contributed by atoms with E-state index in [1.165, 1.54) is 10.4 Å². The molecular weight excluding hydrogens is 290 g/mol. The van der Waals surface area contributed by atoms with Crippen LogP contribution in [-0.2, 0) is 14.8 Å². The van der Waals surface area contributed by atoms with E-state index in [0.29, 0.717) is 39.0 Å². The summed E-state index contributed by atoms with van der Waals surface area (Å²) in [6.07, 6.45) is 1.08. The number of hydrogen-bond donors (Lipinski definition) is 1. The predicted molar refractivity (Wildman–Crippen MR) is 81.1 cm³/mol. The monoisotopic (exact) mass is 311 g/mol. The van der Waals surface area contributed by atoms with Crippen molar-refractivity contribution in [2.24, 2.45) is 0 Å². The normalized spacial score (nSPS) is 17.5. The molecule has 0 aliphatic carbocycles. The maximum absolute atomic E-state index is 12.6. The van der Waals surface area contributed by atoms with Crippen LogP contribution in [0, 0.1) is 0 Å². The number of nitrogens with zero attached hydrogens (tertiary/aromatic N) is 2. The Morgan fingerprint density at radius 3 is 2.57 bits per heavy atom. The topological polar surface area (TPSA) is 83.7 Å². The third-order valence-electron chi connectivity index (χ3n) is 3.65. The maximum Gasteiger partial charge on any atom is 0.245 e. The van der Waals surface area contributed by atoms with Gasteiger partial charge in [-0.25, -0.2) is 8.42 Å². The first kappa shape index (κ1) is 15.8. The standard InChI is InChI=1S/C14H21N3O3S/c1-2-14(18)16-8-5-9-17(11-10-16)21(19,20)13-7-4-3-6-12(13)15/h3-4,6-7H,2,5,8-11,15H2,1H3. The van der Waals surface area contributed by atoms with Gasteiger partial charge in [-0.3, -0.25) is 4.79 Å². The van der Waals surface area contributed by atoms with Crippen molar-refractivity contribution in [2.45, 2.75) is 24.7 Å². The lowest BCUT2D eigenvalue weighted by Gasteiger charge is -2.22. The van der Waals surface area contributed by atoms with Gasteiger partial charge >= 0.3 is 0 Å². The molecule has 1 heterocycles. The lowest BCUT2D eigenvalue weighted by atomic mass is 10.3. The zero-order valence-corrected chi connectivity index (χ0v) is 13.0. The van der Waals surface area contributed by atoms with Gasteiger partial charge in [0.05, 0.1) is 5.69 Å². The third-order valence-corrected chi connectivity index (χ3v) is 5.62. The number of carbonyl (C=O) groups is 1. The highest BCUT2D eigenvalue weighted by atomic mass is 32.2. The van der Waals surface area contributed by atoms with Crippen molar-refractivity contribution in [3.8, 4) is 0 Å². The van der Waals surface area contributed by atoms with Gasteiger partial charge in [-0.2, -0.15) is 4.31 Å². The average molecular weight is 311 g/mol. The molecule has 1 amide bonds. The first-order valence-corrected chi connectivity index (χ1v) is 8.53. The number of anilines is 1. The van der Waals surface area contributed by atoms with E-state index in [9.17, 15) is 13.2 Å². The molecule has 1 fully saturated rings. The Labute approximate surface area is 125 Å². The summed E-state index contributed by atoms with van der Waals surface area (Å²) in [5.41, 5.74) is 6.03. The molecule has 0 spiro atoms. The third kappa shape index (κ3) is 3.36. The number of nitrogens with two attached hydrogens (primary N) is 1. The highest BCUT2D eigenvalue weighted by Gasteiger charge is 2.29. The van der Waals surface area contributed by atoms with E-state index in [-0.39, 0.29) is 16.5 Å². The summed E-state index contributed by atoms with van der Waals surface area (Å²) in [7, 11) is -3.60. The molecule has 6 nitrogen and oxygen atoms in total. The lowest BCUT2D eigenvalue weighted by Crippen LogP contribution is -2.37. The van der Waals surface area contributed by atoms with Crippen LogP contribution in [0.25, 0.3) is 0 Å². The summed E-state index contributed by atoms with van der Waals surface area (Å²) in [4.78, 5) is 13.6. The Morgan fingerprint density at radius 1 is 1.19 bits per heavy atom. The number of para-hydroxylation sites is 1. The van der Waals surface area contributed by atoms with Gasteiger partial charge in [0.15, 0.2) is 0 Å². The highest BCUT2D eigenvalue weighted by molar-refractivity contribution is 7.89. The van der Waals surface area contributed by atoms with E-state index in [0.717, 1.165) is 0 Å². The van der Waals surface area contributed by atoms with Crippen LogP contribution < -0.4 is 5.73 Å². The van der Waals surface area contributed by atoms with Crippen molar-refractivity contribution in [3.05, 3.63) is 24.3 Å². The van der Waals surface area contributed by atoms with Crippen molar-refractivity contribution < 1.29 is 13.2 Å². The summed E-state index contributed by atoms with van der Waals surface area (Å²) in [5, 5.41) is 0. The number of nitrogen functional groups attached to an aromatic ring is 1. The van der Waals surface area contributed by atoms with Gasteiger partial charge in [-0.15, -0.1) is 0 Å². The first-order valence-electron chi connectivity index (χ1n) is 7.09. The van der Waals surface area contributed by atoms with Crippen LogP contribution in [0.1, 0.15) is 19.8 Å². The van der Waals surface area contributed by atoms with E-state index in [1.54, 1.807) is 23.1 Å². The minimum atomic E-state index is -3.60. The van der Waals surface area contributed by atoms with Crippen LogP contribution in [0.15, 0.2) is 29.2 Å². The minimum absolute atomic E-state index is 0.0634.